The number of hydrogen-bond acceptors (Lipinski definition) is 5. The summed E-state index contributed by atoms with van der Waals surface area (Å²) < 4.78 is 5.68. The van der Waals surface area contributed by atoms with Crippen molar-refractivity contribution < 1.29 is 24.0 Å². The predicted octanol–water partition coefficient (Wildman–Crippen LogP) is 3.54. The van der Waals surface area contributed by atoms with Crippen LogP contribution in [-0.4, -0.2) is 22.8 Å². The van der Waals surface area contributed by atoms with Gasteiger partial charge in [0.25, 0.3) is 11.8 Å². The molecule has 0 atom stereocenters. The van der Waals surface area contributed by atoms with Crippen LogP contribution in [0.4, 0.5) is 0 Å². The van der Waals surface area contributed by atoms with E-state index >= 15 is 0 Å². The normalized spacial score (nSPS) is 14.0. The van der Waals surface area contributed by atoms with Crippen molar-refractivity contribution in [1.29, 1.82) is 0 Å². The van der Waals surface area contributed by atoms with Crippen molar-refractivity contribution >= 4 is 35.5 Å². The van der Waals surface area contributed by atoms with Crippen LogP contribution in [0, 0.1) is 0 Å². The molecular formula is C20H16ClNO5. The summed E-state index contributed by atoms with van der Waals surface area (Å²) in [4.78, 5) is 39.3. The van der Waals surface area contributed by atoms with Gasteiger partial charge in [0.05, 0.1) is 0 Å². The van der Waals surface area contributed by atoms with Gasteiger partial charge in [-0.3, -0.25) is 9.59 Å². The summed E-state index contributed by atoms with van der Waals surface area (Å²) in [6, 6.07) is 14.5. The maximum Gasteiger partial charge on any atom is 0.356 e. The summed E-state index contributed by atoms with van der Waals surface area (Å²) >= 11 is 6.09. The SMILES string of the molecule is O=C(/C=C/c1ccc(OCc2ccccc2Cl)cc1)ON1C(=O)CCC1=O. The van der Waals surface area contributed by atoms with Gasteiger partial charge < -0.3 is 9.57 Å². The number of halogens is 1. The van der Waals surface area contributed by atoms with E-state index in [9.17, 15) is 14.4 Å². The van der Waals surface area contributed by atoms with Crippen molar-refractivity contribution in [1.82, 2.24) is 5.06 Å². The van der Waals surface area contributed by atoms with Crippen LogP contribution in [0.15, 0.2) is 54.6 Å². The van der Waals surface area contributed by atoms with Gasteiger partial charge in [0.15, 0.2) is 0 Å². The van der Waals surface area contributed by atoms with Crippen molar-refractivity contribution in [3.05, 3.63) is 70.8 Å². The van der Waals surface area contributed by atoms with E-state index in [1.54, 1.807) is 30.3 Å². The first-order chi connectivity index (χ1) is 13.0. The van der Waals surface area contributed by atoms with Crippen molar-refractivity contribution in [2.75, 3.05) is 0 Å². The van der Waals surface area contributed by atoms with E-state index in [0.717, 1.165) is 17.2 Å². The first-order valence-corrected chi connectivity index (χ1v) is 8.63. The van der Waals surface area contributed by atoms with Crippen molar-refractivity contribution in [3.63, 3.8) is 0 Å². The monoisotopic (exact) mass is 385 g/mol. The number of rotatable bonds is 6. The Bertz CT molecular complexity index is 876. The summed E-state index contributed by atoms with van der Waals surface area (Å²) in [6.45, 7) is 0.346. The third-order valence-electron chi connectivity index (χ3n) is 3.83. The van der Waals surface area contributed by atoms with Gasteiger partial charge in [0, 0.05) is 29.5 Å². The number of amides is 2. The molecule has 1 saturated heterocycles. The number of benzene rings is 2. The molecule has 2 aromatic carbocycles. The molecule has 2 amide bonds. The molecule has 1 aliphatic heterocycles. The fourth-order valence-corrected chi connectivity index (χ4v) is 2.58. The van der Waals surface area contributed by atoms with E-state index in [2.05, 4.69) is 0 Å². The zero-order chi connectivity index (χ0) is 19.2. The molecule has 7 heteroatoms. The molecule has 0 unspecified atom stereocenters. The number of ether oxygens (including phenoxy) is 1. The second kappa shape index (κ2) is 8.51. The highest BCUT2D eigenvalue weighted by molar-refractivity contribution is 6.31. The number of hydroxylamine groups is 2. The number of imide groups is 1. The number of hydrogen-bond donors (Lipinski definition) is 0. The van der Waals surface area contributed by atoms with Gasteiger partial charge in [-0.05, 0) is 29.8 Å². The van der Waals surface area contributed by atoms with Gasteiger partial charge in [0.2, 0.25) is 0 Å². The molecule has 2 aromatic rings. The molecule has 0 saturated carbocycles. The summed E-state index contributed by atoms with van der Waals surface area (Å²) in [5, 5.41) is 1.16. The third-order valence-corrected chi connectivity index (χ3v) is 4.20. The van der Waals surface area contributed by atoms with E-state index in [1.165, 1.54) is 6.08 Å². The Morgan fingerprint density at radius 1 is 1.04 bits per heavy atom. The first kappa shape index (κ1) is 18.7. The second-order valence-electron chi connectivity index (χ2n) is 5.77. The van der Waals surface area contributed by atoms with Crippen LogP contribution in [0.25, 0.3) is 6.08 Å². The Hall–Kier alpha value is -3.12. The fraction of sp³-hybridized carbons (Fsp3) is 0.150. The Kier molecular flexibility index (Phi) is 5.88. The molecule has 0 radical (unpaired) electrons. The minimum atomic E-state index is -0.794. The molecule has 0 bridgehead atoms. The molecule has 0 aromatic heterocycles. The van der Waals surface area contributed by atoms with Crippen LogP contribution in [0.5, 0.6) is 5.75 Å². The molecule has 1 aliphatic rings. The number of carbonyl (C=O) groups excluding carboxylic acids is 3. The zero-order valence-electron chi connectivity index (χ0n) is 14.3. The molecule has 0 spiro atoms. The third kappa shape index (κ3) is 4.95. The Balaban J connectivity index is 1.53. The average Bonchev–Trinajstić information content (AvgIpc) is 2.98. The molecule has 3 rings (SSSR count). The van der Waals surface area contributed by atoms with Gasteiger partial charge in [0.1, 0.15) is 12.4 Å². The van der Waals surface area contributed by atoms with Crippen LogP contribution < -0.4 is 4.74 Å². The van der Waals surface area contributed by atoms with Crippen molar-refractivity contribution in [2.45, 2.75) is 19.4 Å². The maximum atomic E-state index is 11.7. The van der Waals surface area contributed by atoms with Crippen LogP contribution >= 0.6 is 11.6 Å². The standard InChI is InChI=1S/C20H16ClNO5/c21-17-4-2-1-3-15(17)13-26-16-8-5-14(6-9-16)7-12-20(25)27-22-18(23)10-11-19(22)24/h1-9,12H,10-11,13H2/b12-7+. The smallest absolute Gasteiger partial charge is 0.356 e. The predicted molar refractivity (Wildman–Crippen MR) is 98.4 cm³/mol. The Labute approximate surface area is 160 Å². The number of nitrogens with zero attached hydrogens (tertiary/aromatic N) is 1. The van der Waals surface area contributed by atoms with Crippen LogP contribution in [-0.2, 0) is 25.8 Å². The zero-order valence-corrected chi connectivity index (χ0v) is 15.0. The molecule has 138 valence electrons. The van der Waals surface area contributed by atoms with Crippen LogP contribution in [0.1, 0.15) is 24.0 Å². The lowest BCUT2D eigenvalue weighted by atomic mass is 10.2. The largest absolute Gasteiger partial charge is 0.489 e. The molecule has 27 heavy (non-hydrogen) atoms. The van der Waals surface area contributed by atoms with Gasteiger partial charge >= 0.3 is 5.97 Å². The summed E-state index contributed by atoms with van der Waals surface area (Å²) in [5.74, 6) is -1.16. The van der Waals surface area contributed by atoms with E-state index in [0.29, 0.717) is 22.4 Å². The summed E-state index contributed by atoms with van der Waals surface area (Å²) in [5.41, 5.74) is 1.62. The first-order valence-electron chi connectivity index (χ1n) is 8.25. The van der Waals surface area contributed by atoms with E-state index in [4.69, 9.17) is 21.2 Å². The van der Waals surface area contributed by atoms with Gasteiger partial charge in [-0.2, -0.15) is 0 Å². The highest BCUT2D eigenvalue weighted by atomic mass is 35.5. The molecule has 1 fully saturated rings. The van der Waals surface area contributed by atoms with E-state index < -0.39 is 17.8 Å². The molecule has 0 N–H and O–H groups in total. The average molecular weight is 386 g/mol. The lowest BCUT2D eigenvalue weighted by Gasteiger charge is -2.10. The minimum Gasteiger partial charge on any atom is -0.489 e. The highest BCUT2D eigenvalue weighted by Crippen LogP contribution is 2.19. The molecular weight excluding hydrogens is 370 g/mol. The second-order valence-corrected chi connectivity index (χ2v) is 6.18. The van der Waals surface area contributed by atoms with E-state index in [-0.39, 0.29) is 12.8 Å². The van der Waals surface area contributed by atoms with Crippen LogP contribution in [0.2, 0.25) is 5.02 Å². The lowest BCUT2D eigenvalue weighted by molar-refractivity contribution is -0.193. The molecule has 1 heterocycles. The van der Waals surface area contributed by atoms with Crippen LogP contribution in [0.3, 0.4) is 0 Å². The quantitative estimate of drug-likeness (QED) is 0.561. The number of carbonyl (C=O) groups is 3. The fourth-order valence-electron chi connectivity index (χ4n) is 2.39. The molecule has 0 aliphatic carbocycles. The maximum absolute atomic E-state index is 11.7. The topological polar surface area (TPSA) is 72.9 Å². The molecule has 6 nitrogen and oxygen atoms in total. The van der Waals surface area contributed by atoms with Crippen molar-refractivity contribution in [2.24, 2.45) is 0 Å². The Morgan fingerprint density at radius 3 is 2.37 bits per heavy atom. The van der Waals surface area contributed by atoms with Crippen molar-refractivity contribution in [3.8, 4) is 5.75 Å². The minimum absolute atomic E-state index is 0.0610. The van der Waals surface area contributed by atoms with Gasteiger partial charge in [-0.25, -0.2) is 4.79 Å². The Morgan fingerprint density at radius 2 is 1.70 bits per heavy atom. The summed E-state index contributed by atoms with van der Waals surface area (Å²) in [6.07, 6.45) is 2.79. The summed E-state index contributed by atoms with van der Waals surface area (Å²) in [7, 11) is 0. The van der Waals surface area contributed by atoms with E-state index in [1.807, 2.05) is 18.2 Å². The lowest BCUT2D eigenvalue weighted by Crippen LogP contribution is -2.31. The highest BCUT2D eigenvalue weighted by Gasteiger charge is 2.32. The van der Waals surface area contributed by atoms with Gasteiger partial charge in [-0.1, -0.05) is 41.9 Å². The van der Waals surface area contributed by atoms with Gasteiger partial charge in [-0.15, -0.1) is 5.06 Å².